The van der Waals surface area contributed by atoms with E-state index < -0.39 is 6.10 Å². The van der Waals surface area contributed by atoms with E-state index in [1.807, 2.05) is 45.0 Å². The lowest BCUT2D eigenvalue weighted by atomic mass is 10.1. The van der Waals surface area contributed by atoms with Crippen LogP contribution in [0.25, 0.3) is 0 Å². The second-order valence-corrected chi connectivity index (χ2v) is 5.80. The summed E-state index contributed by atoms with van der Waals surface area (Å²) in [6.45, 7) is 13.0. The number of aliphatic hydroxyl groups excluding tert-OH is 3. The Morgan fingerprint density at radius 3 is 1.88 bits per heavy atom. The molecule has 0 aliphatic heterocycles. The molecule has 0 aliphatic rings. The predicted molar refractivity (Wildman–Crippen MR) is 107 cm³/mol. The Morgan fingerprint density at radius 2 is 1.56 bits per heavy atom. The van der Waals surface area contributed by atoms with Crippen LogP contribution >= 0.6 is 0 Å². The molecule has 0 radical (unpaired) electrons. The Hall–Kier alpha value is -1.23. The molecule has 1 atom stereocenters. The van der Waals surface area contributed by atoms with E-state index in [1.54, 1.807) is 20.8 Å². The highest BCUT2D eigenvalue weighted by Gasteiger charge is 1.99. The van der Waals surface area contributed by atoms with Gasteiger partial charge in [-0.2, -0.15) is 0 Å². The monoisotopic (exact) mass is 356 g/mol. The van der Waals surface area contributed by atoms with Crippen molar-refractivity contribution >= 4 is 5.78 Å². The Morgan fingerprint density at radius 1 is 1.08 bits per heavy atom. The first-order valence-corrected chi connectivity index (χ1v) is 9.29. The molecule has 0 bridgehead atoms. The van der Waals surface area contributed by atoms with Crippen LogP contribution in [0.3, 0.4) is 0 Å². The number of unbranched alkanes of at least 4 members (excludes halogenated alkanes) is 2. The van der Waals surface area contributed by atoms with Gasteiger partial charge in [-0.3, -0.25) is 4.79 Å². The molecule has 4 nitrogen and oxygen atoms in total. The van der Waals surface area contributed by atoms with E-state index >= 15 is 0 Å². The van der Waals surface area contributed by atoms with Crippen molar-refractivity contribution in [2.24, 2.45) is 0 Å². The van der Waals surface area contributed by atoms with Gasteiger partial charge in [-0.05, 0) is 39.7 Å². The molecule has 0 spiro atoms. The molecule has 1 unspecified atom stereocenters. The van der Waals surface area contributed by atoms with Gasteiger partial charge in [0.25, 0.3) is 0 Å². The van der Waals surface area contributed by atoms with Gasteiger partial charge in [-0.25, -0.2) is 0 Å². The lowest BCUT2D eigenvalue weighted by Gasteiger charge is -2.04. The van der Waals surface area contributed by atoms with Gasteiger partial charge in [0.2, 0.25) is 0 Å². The first-order valence-electron chi connectivity index (χ1n) is 9.29. The van der Waals surface area contributed by atoms with E-state index in [1.165, 1.54) is 0 Å². The molecule has 0 aliphatic carbocycles. The predicted octanol–water partition coefficient (Wildman–Crippen LogP) is 4.53. The molecule has 1 aromatic rings. The number of carbonyl (C=O) groups excluding carboxylic acids is 1. The van der Waals surface area contributed by atoms with Crippen LogP contribution in [0.5, 0.6) is 0 Å². The fraction of sp³-hybridized carbons (Fsp3) is 0.667. The van der Waals surface area contributed by atoms with Crippen molar-refractivity contribution in [1.82, 2.24) is 0 Å². The highest BCUT2D eigenvalue weighted by Crippen LogP contribution is 2.06. The standard InChI is InChI=1S/C9H10O.C7H16O2.C3H8O.C2H6/c1-7-5-3-4-6-9(7)8(2)10;1-2-3-4-5-7(9)6-8;1-3(2)4;1-2/h3-6H,1-2H3;7-9H,2-6H2,1H3;3-4H,1-2H3;1-2H3. The van der Waals surface area contributed by atoms with Crippen LogP contribution in [0.15, 0.2) is 24.3 Å². The maximum absolute atomic E-state index is 10.9. The van der Waals surface area contributed by atoms with Crippen molar-refractivity contribution in [3.05, 3.63) is 35.4 Å². The number of rotatable bonds is 6. The zero-order chi connectivity index (χ0) is 20.3. The van der Waals surface area contributed by atoms with Crippen LogP contribution in [0.1, 0.15) is 83.1 Å². The summed E-state index contributed by atoms with van der Waals surface area (Å²) in [6, 6.07) is 7.60. The molecule has 1 aromatic carbocycles. The van der Waals surface area contributed by atoms with Gasteiger partial charge in [0, 0.05) is 11.7 Å². The maximum Gasteiger partial charge on any atom is 0.160 e. The number of hydrogen-bond acceptors (Lipinski definition) is 4. The number of hydrogen-bond donors (Lipinski definition) is 3. The Labute approximate surface area is 154 Å². The second-order valence-electron chi connectivity index (χ2n) is 5.80. The fourth-order valence-electron chi connectivity index (χ4n) is 1.69. The number of benzene rings is 1. The molecule has 148 valence electrons. The number of ketones is 1. The van der Waals surface area contributed by atoms with Crippen molar-refractivity contribution in [3.63, 3.8) is 0 Å². The molecular formula is C21H40O4. The molecule has 3 N–H and O–H groups in total. The van der Waals surface area contributed by atoms with Crippen LogP contribution < -0.4 is 0 Å². The minimum Gasteiger partial charge on any atom is -0.394 e. The molecule has 25 heavy (non-hydrogen) atoms. The number of carbonyl (C=O) groups is 1. The third kappa shape index (κ3) is 22.8. The zero-order valence-electron chi connectivity index (χ0n) is 17.2. The number of Topliss-reactive ketones (excluding diaryl/α,β-unsaturated/α-hetero) is 1. The van der Waals surface area contributed by atoms with Gasteiger partial charge in [0.1, 0.15) is 0 Å². The molecule has 0 aromatic heterocycles. The lowest BCUT2D eigenvalue weighted by Crippen LogP contribution is -2.10. The van der Waals surface area contributed by atoms with Crippen molar-refractivity contribution in [2.75, 3.05) is 6.61 Å². The fourth-order valence-corrected chi connectivity index (χ4v) is 1.69. The normalized spacial score (nSPS) is 10.4. The van der Waals surface area contributed by atoms with E-state index in [4.69, 9.17) is 15.3 Å². The summed E-state index contributed by atoms with van der Waals surface area (Å²) in [5.74, 6) is 0.137. The number of aliphatic hydroxyl groups is 3. The van der Waals surface area contributed by atoms with Crippen LogP contribution in [-0.4, -0.2) is 39.9 Å². The molecule has 4 heteroatoms. The van der Waals surface area contributed by atoms with E-state index in [0.29, 0.717) is 0 Å². The molecule has 0 fully saturated rings. The summed E-state index contributed by atoms with van der Waals surface area (Å²) in [6.07, 6.45) is 3.43. The minimum absolute atomic E-state index is 0.0935. The molecule has 0 saturated carbocycles. The Kier molecular flexibility index (Phi) is 23.8. The second kappa shape index (κ2) is 20.8. The average molecular weight is 357 g/mol. The van der Waals surface area contributed by atoms with Gasteiger partial charge in [0.15, 0.2) is 5.78 Å². The van der Waals surface area contributed by atoms with Gasteiger partial charge < -0.3 is 15.3 Å². The third-order valence-corrected chi connectivity index (χ3v) is 2.88. The highest BCUT2D eigenvalue weighted by molar-refractivity contribution is 5.95. The molecule has 0 heterocycles. The first-order chi connectivity index (χ1) is 11.8. The smallest absolute Gasteiger partial charge is 0.160 e. The van der Waals surface area contributed by atoms with Crippen LogP contribution in [0, 0.1) is 6.92 Å². The first kappa shape index (κ1) is 28.6. The van der Waals surface area contributed by atoms with Gasteiger partial charge in [0.05, 0.1) is 12.7 Å². The van der Waals surface area contributed by atoms with Crippen molar-refractivity contribution in [3.8, 4) is 0 Å². The van der Waals surface area contributed by atoms with Crippen LogP contribution in [0.4, 0.5) is 0 Å². The SMILES string of the molecule is CC.CC(=O)c1ccccc1C.CC(C)O.CCCCCC(O)CO. The summed E-state index contributed by atoms with van der Waals surface area (Å²) >= 11 is 0. The van der Waals surface area contributed by atoms with Gasteiger partial charge >= 0.3 is 0 Å². The van der Waals surface area contributed by atoms with E-state index in [2.05, 4.69) is 6.92 Å². The van der Waals surface area contributed by atoms with Gasteiger partial charge in [-0.1, -0.05) is 64.3 Å². The third-order valence-electron chi connectivity index (χ3n) is 2.88. The maximum atomic E-state index is 10.9. The topological polar surface area (TPSA) is 77.8 Å². The van der Waals surface area contributed by atoms with E-state index in [0.717, 1.165) is 36.8 Å². The zero-order valence-corrected chi connectivity index (χ0v) is 17.2. The van der Waals surface area contributed by atoms with Crippen molar-refractivity contribution < 1.29 is 20.1 Å². The quantitative estimate of drug-likeness (QED) is 0.517. The van der Waals surface area contributed by atoms with Crippen molar-refractivity contribution in [2.45, 2.75) is 86.4 Å². The van der Waals surface area contributed by atoms with E-state index in [-0.39, 0.29) is 18.5 Å². The van der Waals surface area contributed by atoms with E-state index in [9.17, 15) is 4.79 Å². The number of aryl methyl sites for hydroxylation is 1. The molecule has 0 saturated heterocycles. The largest absolute Gasteiger partial charge is 0.394 e. The minimum atomic E-state index is -0.489. The Balaban J connectivity index is -0.000000298. The molecule has 1 rings (SSSR count). The summed E-state index contributed by atoms with van der Waals surface area (Å²) < 4.78 is 0. The molecular weight excluding hydrogens is 316 g/mol. The Bertz CT molecular complexity index is 400. The van der Waals surface area contributed by atoms with Crippen LogP contribution in [0.2, 0.25) is 0 Å². The summed E-state index contributed by atoms with van der Waals surface area (Å²) in [4.78, 5) is 10.9. The summed E-state index contributed by atoms with van der Waals surface area (Å²) in [5, 5.41) is 25.3. The summed E-state index contributed by atoms with van der Waals surface area (Å²) in [7, 11) is 0. The van der Waals surface area contributed by atoms with Crippen molar-refractivity contribution in [1.29, 1.82) is 0 Å². The van der Waals surface area contributed by atoms with Crippen LogP contribution in [-0.2, 0) is 0 Å². The molecule has 0 amide bonds. The van der Waals surface area contributed by atoms with Gasteiger partial charge in [-0.15, -0.1) is 0 Å². The average Bonchev–Trinajstić information content (AvgIpc) is 2.57. The highest BCUT2D eigenvalue weighted by atomic mass is 16.3. The summed E-state index contributed by atoms with van der Waals surface area (Å²) in [5.41, 5.74) is 1.87. The lowest BCUT2D eigenvalue weighted by molar-refractivity contribution is 0.0861.